The second kappa shape index (κ2) is 7.66. The Hall–Kier alpha value is -0.720. The molecule has 0 radical (unpaired) electrons. The third-order valence-corrected chi connectivity index (χ3v) is 4.04. The van der Waals surface area contributed by atoms with E-state index in [1.165, 1.54) is 0 Å². The molecule has 0 aliphatic rings. The first-order valence-corrected chi connectivity index (χ1v) is 7.74. The quantitative estimate of drug-likeness (QED) is 0.591. The molecule has 0 saturated carbocycles. The molecule has 0 saturated heterocycles. The van der Waals surface area contributed by atoms with Crippen LogP contribution in [-0.4, -0.2) is 25.8 Å². The SMILES string of the molecule is O=S(=O)(NCCCCCCCl)c1cncc(F)c1. The highest BCUT2D eigenvalue weighted by atomic mass is 35.5. The smallest absolute Gasteiger partial charge is 0.242 e. The van der Waals surface area contributed by atoms with Crippen molar-refractivity contribution in [1.29, 1.82) is 0 Å². The maximum Gasteiger partial charge on any atom is 0.242 e. The lowest BCUT2D eigenvalue weighted by atomic mass is 10.2. The molecule has 1 rings (SSSR count). The molecule has 102 valence electrons. The van der Waals surface area contributed by atoms with E-state index in [0.717, 1.165) is 44.1 Å². The monoisotopic (exact) mass is 294 g/mol. The second-order valence-corrected chi connectivity index (χ2v) is 5.98. The van der Waals surface area contributed by atoms with Gasteiger partial charge in [0.05, 0.1) is 6.20 Å². The second-order valence-electron chi connectivity index (χ2n) is 3.84. The summed E-state index contributed by atoms with van der Waals surface area (Å²) in [6.07, 6.45) is 5.65. The van der Waals surface area contributed by atoms with Crippen molar-refractivity contribution in [3.63, 3.8) is 0 Å². The Labute approximate surface area is 112 Å². The Balaban J connectivity index is 2.41. The number of hydrogen-bond donors (Lipinski definition) is 1. The van der Waals surface area contributed by atoms with Gasteiger partial charge in [-0.25, -0.2) is 17.5 Å². The molecular weight excluding hydrogens is 279 g/mol. The van der Waals surface area contributed by atoms with Gasteiger partial charge in [-0.05, 0) is 18.9 Å². The average molecular weight is 295 g/mol. The van der Waals surface area contributed by atoms with Crippen LogP contribution in [0.25, 0.3) is 0 Å². The first-order chi connectivity index (χ1) is 8.56. The number of unbranched alkanes of at least 4 members (excludes halogenated alkanes) is 3. The van der Waals surface area contributed by atoms with Crippen molar-refractivity contribution in [1.82, 2.24) is 9.71 Å². The van der Waals surface area contributed by atoms with Crippen LogP contribution in [0.4, 0.5) is 4.39 Å². The molecular formula is C11H16ClFN2O2S. The van der Waals surface area contributed by atoms with Gasteiger partial charge in [-0.1, -0.05) is 12.8 Å². The number of pyridine rings is 1. The zero-order chi connectivity index (χ0) is 13.4. The molecule has 0 aliphatic carbocycles. The van der Waals surface area contributed by atoms with Gasteiger partial charge in [0, 0.05) is 18.6 Å². The summed E-state index contributed by atoms with van der Waals surface area (Å²) in [6.45, 7) is 0.334. The molecule has 4 nitrogen and oxygen atoms in total. The summed E-state index contributed by atoms with van der Waals surface area (Å²) < 4.78 is 38.7. The van der Waals surface area contributed by atoms with E-state index in [9.17, 15) is 12.8 Å². The van der Waals surface area contributed by atoms with Gasteiger partial charge < -0.3 is 0 Å². The molecule has 7 heteroatoms. The van der Waals surface area contributed by atoms with Crippen LogP contribution in [0, 0.1) is 5.82 Å². The van der Waals surface area contributed by atoms with E-state index in [-0.39, 0.29) is 4.90 Å². The van der Waals surface area contributed by atoms with Crippen molar-refractivity contribution in [2.24, 2.45) is 0 Å². The predicted molar refractivity (Wildman–Crippen MR) is 68.6 cm³/mol. The fourth-order valence-electron chi connectivity index (χ4n) is 1.40. The zero-order valence-electron chi connectivity index (χ0n) is 9.90. The lowest BCUT2D eigenvalue weighted by Gasteiger charge is -2.06. The molecule has 0 aromatic carbocycles. The molecule has 1 N–H and O–H groups in total. The van der Waals surface area contributed by atoms with Crippen LogP contribution in [0.2, 0.25) is 0 Å². The minimum absolute atomic E-state index is 0.150. The largest absolute Gasteiger partial charge is 0.260 e. The van der Waals surface area contributed by atoms with Crippen LogP contribution in [-0.2, 0) is 10.0 Å². The summed E-state index contributed by atoms with van der Waals surface area (Å²) in [5.41, 5.74) is 0. The highest BCUT2D eigenvalue weighted by molar-refractivity contribution is 7.89. The molecule has 0 unspecified atom stereocenters. The van der Waals surface area contributed by atoms with Gasteiger partial charge in [-0.2, -0.15) is 0 Å². The number of sulfonamides is 1. The summed E-state index contributed by atoms with van der Waals surface area (Å²) in [6, 6.07) is 0.947. The van der Waals surface area contributed by atoms with E-state index in [1.54, 1.807) is 0 Å². The normalized spacial score (nSPS) is 11.7. The molecule has 1 aromatic heterocycles. The molecule has 0 bridgehead atoms. The highest BCUT2D eigenvalue weighted by Crippen LogP contribution is 2.08. The van der Waals surface area contributed by atoms with Crippen LogP contribution in [0.5, 0.6) is 0 Å². The fourth-order valence-corrected chi connectivity index (χ4v) is 2.64. The van der Waals surface area contributed by atoms with Gasteiger partial charge in [0.25, 0.3) is 0 Å². The number of alkyl halides is 1. The van der Waals surface area contributed by atoms with E-state index in [2.05, 4.69) is 9.71 Å². The number of nitrogens with one attached hydrogen (secondary N) is 1. The van der Waals surface area contributed by atoms with Gasteiger partial charge in [-0.15, -0.1) is 11.6 Å². The van der Waals surface area contributed by atoms with E-state index >= 15 is 0 Å². The summed E-state index contributed by atoms with van der Waals surface area (Å²) in [5, 5.41) is 0. The third-order valence-electron chi connectivity index (χ3n) is 2.34. The van der Waals surface area contributed by atoms with Gasteiger partial charge >= 0.3 is 0 Å². The predicted octanol–water partition coefficient (Wildman–Crippen LogP) is 2.30. The Kier molecular flexibility index (Phi) is 6.52. The molecule has 1 heterocycles. The van der Waals surface area contributed by atoms with E-state index < -0.39 is 15.8 Å². The lowest BCUT2D eigenvalue weighted by molar-refractivity contribution is 0.569. The average Bonchev–Trinajstić information content (AvgIpc) is 2.33. The van der Waals surface area contributed by atoms with Crippen LogP contribution in [0.3, 0.4) is 0 Å². The minimum Gasteiger partial charge on any atom is -0.260 e. The molecule has 1 aromatic rings. The molecule has 0 atom stereocenters. The number of nitrogens with zero attached hydrogens (tertiary/aromatic N) is 1. The maximum absolute atomic E-state index is 12.9. The summed E-state index contributed by atoms with van der Waals surface area (Å²) in [4.78, 5) is 3.36. The van der Waals surface area contributed by atoms with Crippen molar-refractivity contribution >= 4 is 21.6 Å². The molecule has 0 amide bonds. The first kappa shape index (κ1) is 15.3. The Morgan fingerprint density at radius 2 is 1.94 bits per heavy atom. The standard InChI is InChI=1S/C11H16ClFN2O2S/c12-5-3-1-2-4-6-15-18(16,17)11-7-10(13)8-14-9-11/h7-9,15H,1-6H2. The molecule has 0 spiro atoms. The van der Waals surface area contributed by atoms with Crippen LogP contribution < -0.4 is 4.72 Å². The Morgan fingerprint density at radius 3 is 2.61 bits per heavy atom. The Bertz CT molecular complexity index is 468. The topological polar surface area (TPSA) is 59.1 Å². The summed E-state index contributed by atoms with van der Waals surface area (Å²) in [5.74, 6) is -0.0410. The number of rotatable bonds is 8. The summed E-state index contributed by atoms with van der Waals surface area (Å²) >= 11 is 5.53. The van der Waals surface area contributed by atoms with E-state index in [0.29, 0.717) is 12.4 Å². The maximum atomic E-state index is 12.9. The van der Waals surface area contributed by atoms with Crippen LogP contribution in [0.1, 0.15) is 25.7 Å². The first-order valence-electron chi connectivity index (χ1n) is 5.72. The van der Waals surface area contributed by atoms with E-state index in [4.69, 9.17) is 11.6 Å². The highest BCUT2D eigenvalue weighted by Gasteiger charge is 2.14. The van der Waals surface area contributed by atoms with Crippen molar-refractivity contribution in [3.8, 4) is 0 Å². The van der Waals surface area contributed by atoms with Crippen LogP contribution in [0.15, 0.2) is 23.4 Å². The van der Waals surface area contributed by atoms with Crippen molar-refractivity contribution in [2.75, 3.05) is 12.4 Å². The van der Waals surface area contributed by atoms with Gasteiger partial charge in [0.1, 0.15) is 10.7 Å². The van der Waals surface area contributed by atoms with Gasteiger partial charge in [0.2, 0.25) is 10.0 Å². The van der Waals surface area contributed by atoms with Crippen LogP contribution >= 0.6 is 11.6 Å². The van der Waals surface area contributed by atoms with Crippen molar-refractivity contribution < 1.29 is 12.8 Å². The van der Waals surface area contributed by atoms with Crippen molar-refractivity contribution in [2.45, 2.75) is 30.6 Å². The fraction of sp³-hybridized carbons (Fsp3) is 0.545. The van der Waals surface area contributed by atoms with E-state index in [1.807, 2.05) is 0 Å². The molecule has 18 heavy (non-hydrogen) atoms. The number of aromatic nitrogens is 1. The third kappa shape index (κ3) is 5.29. The van der Waals surface area contributed by atoms with Crippen molar-refractivity contribution in [3.05, 3.63) is 24.3 Å². The number of hydrogen-bond acceptors (Lipinski definition) is 3. The lowest BCUT2D eigenvalue weighted by Crippen LogP contribution is -2.25. The Morgan fingerprint density at radius 1 is 1.22 bits per heavy atom. The molecule has 0 aliphatic heterocycles. The van der Waals surface area contributed by atoms with Gasteiger partial charge in [0.15, 0.2) is 0 Å². The van der Waals surface area contributed by atoms with Gasteiger partial charge in [-0.3, -0.25) is 4.98 Å². The minimum atomic E-state index is -3.65. The zero-order valence-corrected chi connectivity index (χ0v) is 11.5. The molecule has 0 fully saturated rings. The summed E-state index contributed by atoms with van der Waals surface area (Å²) in [7, 11) is -3.65. The number of halogens is 2.